The van der Waals surface area contributed by atoms with Gasteiger partial charge in [0.2, 0.25) is 5.91 Å². The van der Waals surface area contributed by atoms with E-state index in [1.807, 2.05) is 0 Å². The number of aromatic nitrogens is 2. The number of carbonyl (C=O) groups excluding carboxylic acids is 2. The molecule has 0 radical (unpaired) electrons. The molecule has 4 fully saturated rings. The highest BCUT2D eigenvalue weighted by molar-refractivity contribution is 6.30. The van der Waals surface area contributed by atoms with E-state index in [0.717, 1.165) is 48.3 Å². The maximum atomic E-state index is 13.5. The van der Waals surface area contributed by atoms with Crippen molar-refractivity contribution in [2.75, 3.05) is 11.9 Å². The molecule has 1 aromatic carbocycles. The number of fused-ring (bicyclic) bond motifs is 1. The van der Waals surface area contributed by atoms with Crippen molar-refractivity contribution >= 4 is 29.2 Å². The van der Waals surface area contributed by atoms with Gasteiger partial charge < -0.3 is 10.2 Å². The van der Waals surface area contributed by atoms with Gasteiger partial charge in [-0.1, -0.05) is 11.6 Å². The van der Waals surface area contributed by atoms with Crippen LogP contribution < -0.4 is 5.32 Å². The number of nitrogens with one attached hydrogen (secondary N) is 1. The lowest BCUT2D eigenvalue weighted by Gasteiger charge is -2.55. The molecule has 0 saturated heterocycles. The lowest BCUT2D eigenvalue weighted by molar-refractivity contribution is -0.140. The summed E-state index contributed by atoms with van der Waals surface area (Å²) < 4.78 is 0. The monoisotopic (exact) mass is 450 g/mol. The number of amides is 2. The van der Waals surface area contributed by atoms with Gasteiger partial charge in [-0.2, -0.15) is 0 Å². The van der Waals surface area contributed by atoms with Crippen molar-refractivity contribution in [3.8, 4) is 0 Å². The van der Waals surface area contributed by atoms with Crippen LogP contribution in [-0.2, 0) is 17.8 Å². The summed E-state index contributed by atoms with van der Waals surface area (Å²) in [5.41, 5.74) is 2.18. The number of hydrogen-bond acceptors (Lipinski definition) is 4. The predicted molar refractivity (Wildman–Crippen MR) is 121 cm³/mol. The SMILES string of the molecule is O=C(c1ccc(Cl)cc1)N1CCc2c(ncnc2NC(=O)C23CC4CC(CC(C4)C2)C3)C1. The van der Waals surface area contributed by atoms with Crippen molar-refractivity contribution in [3.05, 3.63) is 52.4 Å². The van der Waals surface area contributed by atoms with Crippen LogP contribution in [0.3, 0.4) is 0 Å². The molecule has 0 unspecified atom stereocenters. The van der Waals surface area contributed by atoms with Gasteiger partial charge >= 0.3 is 0 Å². The second kappa shape index (κ2) is 7.55. The third-order valence-corrected chi connectivity index (χ3v) is 8.39. The molecule has 166 valence electrons. The Labute approximate surface area is 192 Å². The summed E-state index contributed by atoms with van der Waals surface area (Å²) >= 11 is 5.95. The van der Waals surface area contributed by atoms with Gasteiger partial charge in [-0.15, -0.1) is 0 Å². The summed E-state index contributed by atoms with van der Waals surface area (Å²) in [6, 6.07) is 6.95. The van der Waals surface area contributed by atoms with Gasteiger partial charge in [-0.05, 0) is 87.0 Å². The number of benzene rings is 1. The standard InChI is InChI=1S/C25H27ClN4O2/c26-19-3-1-18(2-4-19)23(31)30-6-5-20-21(13-30)27-14-28-22(20)29-24(32)25-10-15-7-16(11-25)9-17(8-15)12-25/h1-4,14-17H,5-13H2,(H,27,28,29,32). The molecular formula is C25H27ClN4O2. The minimum Gasteiger partial charge on any atom is -0.332 e. The average molecular weight is 451 g/mol. The Hall–Kier alpha value is -2.47. The minimum absolute atomic E-state index is 0.0370. The van der Waals surface area contributed by atoms with Crippen LogP contribution in [0.5, 0.6) is 0 Å². The second-order valence-corrected chi connectivity index (χ2v) is 10.7. The first kappa shape index (κ1) is 20.2. The number of carbonyl (C=O) groups is 2. The maximum absolute atomic E-state index is 13.5. The van der Waals surface area contributed by atoms with Crippen LogP contribution in [0.4, 0.5) is 5.82 Å². The second-order valence-electron chi connectivity index (χ2n) is 10.3. The van der Waals surface area contributed by atoms with Gasteiger partial charge in [-0.3, -0.25) is 9.59 Å². The fourth-order valence-corrected chi connectivity index (χ4v) is 7.17. The molecule has 0 spiro atoms. The zero-order valence-corrected chi connectivity index (χ0v) is 18.8. The molecular weight excluding hydrogens is 424 g/mol. The van der Waals surface area contributed by atoms with Crippen LogP contribution >= 0.6 is 11.6 Å². The number of halogens is 1. The van der Waals surface area contributed by atoms with Gasteiger partial charge in [0.05, 0.1) is 17.7 Å². The smallest absolute Gasteiger partial charge is 0.254 e. The quantitative estimate of drug-likeness (QED) is 0.747. The third-order valence-electron chi connectivity index (χ3n) is 8.14. The van der Waals surface area contributed by atoms with Gasteiger partial charge in [0.1, 0.15) is 12.1 Å². The summed E-state index contributed by atoms with van der Waals surface area (Å²) in [5, 5.41) is 3.81. The topological polar surface area (TPSA) is 75.2 Å². The molecule has 4 saturated carbocycles. The Bertz CT molecular complexity index is 1050. The van der Waals surface area contributed by atoms with E-state index in [4.69, 9.17) is 11.6 Å². The largest absolute Gasteiger partial charge is 0.332 e. The van der Waals surface area contributed by atoms with E-state index in [1.54, 1.807) is 29.2 Å². The van der Waals surface area contributed by atoms with Gasteiger partial charge in [0.25, 0.3) is 5.91 Å². The first-order valence-electron chi connectivity index (χ1n) is 11.7. The van der Waals surface area contributed by atoms with Crippen molar-refractivity contribution in [2.45, 2.75) is 51.5 Å². The molecule has 2 heterocycles. The molecule has 1 aromatic heterocycles. The Balaban J connectivity index is 1.20. The van der Waals surface area contributed by atoms with Crippen molar-refractivity contribution in [1.29, 1.82) is 0 Å². The summed E-state index contributed by atoms with van der Waals surface area (Å²) in [7, 11) is 0. The molecule has 4 bridgehead atoms. The molecule has 0 atom stereocenters. The first-order valence-corrected chi connectivity index (χ1v) is 12.1. The lowest BCUT2D eigenvalue weighted by Crippen LogP contribution is -2.52. The highest BCUT2D eigenvalue weighted by Gasteiger charge is 2.54. The lowest BCUT2D eigenvalue weighted by atomic mass is 9.49. The molecule has 6 nitrogen and oxygen atoms in total. The van der Waals surface area contributed by atoms with Crippen molar-refractivity contribution in [2.24, 2.45) is 23.2 Å². The van der Waals surface area contributed by atoms with E-state index in [0.29, 0.717) is 35.9 Å². The van der Waals surface area contributed by atoms with Crippen LogP contribution in [0.25, 0.3) is 0 Å². The van der Waals surface area contributed by atoms with Crippen molar-refractivity contribution in [1.82, 2.24) is 14.9 Å². The van der Waals surface area contributed by atoms with Crippen LogP contribution in [0, 0.1) is 23.2 Å². The Morgan fingerprint density at radius 1 is 1.00 bits per heavy atom. The summed E-state index contributed by atoms with van der Waals surface area (Å²) in [6.45, 7) is 0.988. The molecule has 5 aliphatic rings. The highest BCUT2D eigenvalue weighted by Crippen LogP contribution is 2.60. The summed E-state index contributed by atoms with van der Waals surface area (Å²) in [6.07, 6.45) is 9.16. The molecule has 4 aliphatic carbocycles. The maximum Gasteiger partial charge on any atom is 0.254 e. The number of hydrogen-bond donors (Lipinski definition) is 1. The van der Waals surface area contributed by atoms with E-state index in [1.165, 1.54) is 25.6 Å². The van der Waals surface area contributed by atoms with Crippen LogP contribution in [0.2, 0.25) is 5.02 Å². The summed E-state index contributed by atoms with van der Waals surface area (Å²) in [4.78, 5) is 37.1. The van der Waals surface area contributed by atoms with Crippen LogP contribution in [-0.4, -0.2) is 33.2 Å². The Morgan fingerprint density at radius 2 is 1.66 bits per heavy atom. The minimum atomic E-state index is -0.210. The highest BCUT2D eigenvalue weighted by atomic mass is 35.5. The predicted octanol–water partition coefficient (Wildman–Crippen LogP) is 4.48. The first-order chi connectivity index (χ1) is 15.5. The fourth-order valence-electron chi connectivity index (χ4n) is 7.04. The Morgan fingerprint density at radius 3 is 2.31 bits per heavy atom. The molecule has 2 aromatic rings. The summed E-state index contributed by atoms with van der Waals surface area (Å²) in [5.74, 6) is 2.91. The fraction of sp³-hybridized carbons (Fsp3) is 0.520. The number of nitrogens with zero attached hydrogens (tertiary/aromatic N) is 3. The van der Waals surface area contributed by atoms with E-state index < -0.39 is 0 Å². The van der Waals surface area contributed by atoms with E-state index >= 15 is 0 Å². The molecule has 1 N–H and O–H groups in total. The molecule has 1 aliphatic heterocycles. The zero-order chi connectivity index (χ0) is 21.9. The average Bonchev–Trinajstić information content (AvgIpc) is 2.78. The van der Waals surface area contributed by atoms with Crippen LogP contribution in [0.1, 0.15) is 60.1 Å². The zero-order valence-electron chi connectivity index (χ0n) is 18.0. The van der Waals surface area contributed by atoms with Crippen molar-refractivity contribution < 1.29 is 9.59 Å². The molecule has 2 amide bonds. The van der Waals surface area contributed by atoms with E-state index in [-0.39, 0.29) is 17.2 Å². The van der Waals surface area contributed by atoms with Crippen molar-refractivity contribution in [3.63, 3.8) is 0 Å². The van der Waals surface area contributed by atoms with E-state index in [2.05, 4.69) is 15.3 Å². The van der Waals surface area contributed by atoms with Gasteiger partial charge in [-0.25, -0.2) is 9.97 Å². The molecule has 32 heavy (non-hydrogen) atoms. The molecule has 7 rings (SSSR count). The number of rotatable bonds is 3. The third kappa shape index (κ3) is 3.40. The molecule has 7 heteroatoms. The normalized spacial score (nSPS) is 30.2. The Kier molecular flexibility index (Phi) is 4.75. The number of anilines is 1. The van der Waals surface area contributed by atoms with E-state index in [9.17, 15) is 9.59 Å². The van der Waals surface area contributed by atoms with Gasteiger partial charge in [0.15, 0.2) is 0 Å². The van der Waals surface area contributed by atoms with Gasteiger partial charge in [0, 0.05) is 22.7 Å². The van der Waals surface area contributed by atoms with Crippen LogP contribution in [0.15, 0.2) is 30.6 Å².